The number of thiazole rings is 1. The van der Waals surface area contributed by atoms with E-state index in [0.29, 0.717) is 0 Å². The largest absolute Gasteiger partial charge is 0.236 e. The number of rotatable bonds is 3. The molecule has 0 bridgehead atoms. The SMILES string of the molecule is Fc1ccc(-c2ccc(-c3cccc(-c4nc5ccccc5s4)c3)cc2)cc1. The Morgan fingerprint density at radius 3 is 1.89 bits per heavy atom. The molecule has 0 N–H and O–H groups in total. The van der Waals surface area contributed by atoms with Crippen LogP contribution in [-0.2, 0) is 0 Å². The van der Waals surface area contributed by atoms with Crippen LogP contribution in [0, 0.1) is 5.82 Å². The van der Waals surface area contributed by atoms with Crippen molar-refractivity contribution in [3.63, 3.8) is 0 Å². The van der Waals surface area contributed by atoms with Crippen molar-refractivity contribution >= 4 is 21.6 Å². The van der Waals surface area contributed by atoms with Gasteiger partial charge in [-0.3, -0.25) is 0 Å². The van der Waals surface area contributed by atoms with Crippen molar-refractivity contribution in [1.29, 1.82) is 0 Å². The van der Waals surface area contributed by atoms with Crippen LogP contribution in [-0.4, -0.2) is 4.98 Å². The van der Waals surface area contributed by atoms with Crippen LogP contribution in [0.3, 0.4) is 0 Å². The van der Waals surface area contributed by atoms with Gasteiger partial charge in [-0.25, -0.2) is 9.37 Å². The smallest absolute Gasteiger partial charge is 0.124 e. The fourth-order valence-corrected chi connectivity index (χ4v) is 4.29. The highest BCUT2D eigenvalue weighted by Gasteiger charge is 2.07. The Bertz CT molecular complexity index is 1220. The summed E-state index contributed by atoms with van der Waals surface area (Å²) >= 11 is 1.71. The van der Waals surface area contributed by atoms with Crippen LogP contribution >= 0.6 is 11.3 Å². The van der Waals surface area contributed by atoms with E-state index in [1.165, 1.54) is 16.8 Å². The van der Waals surface area contributed by atoms with Crippen LogP contribution < -0.4 is 0 Å². The maximum Gasteiger partial charge on any atom is 0.124 e. The minimum absolute atomic E-state index is 0.216. The summed E-state index contributed by atoms with van der Waals surface area (Å²) in [4.78, 5) is 4.77. The molecular formula is C25H16FNS. The monoisotopic (exact) mass is 381 g/mol. The second-order valence-electron chi connectivity index (χ2n) is 6.65. The standard InChI is InChI=1S/C25H16FNS/c26-22-14-12-18(13-15-22)17-8-10-19(11-9-17)20-4-3-5-21(16-20)25-27-23-6-1-2-7-24(23)28-25/h1-16H. The summed E-state index contributed by atoms with van der Waals surface area (Å²) in [5.74, 6) is -0.216. The highest BCUT2D eigenvalue weighted by Crippen LogP contribution is 2.33. The normalized spacial score (nSPS) is 11.0. The molecular weight excluding hydrogens is 365 g/mol. The van der Waals surface area contributed by atoms with Crippen molar-refractivity contribution < 1.29 is 4.39 Å². The van der Waals surface area contributed by atoms with E-state index in [-0.39, 0.29) is 5.82 Å². The van der Waals surface area contributed by atoms with Crippen molar-refractivity contribution in [3.8, 4) is 32.8 Å². The predicted molar refractivity (Wildman–Crippen MR) is 116 cm³/mol. The number of halogens is 1. The summed E-state index contributed by atoms with van der Waals surface area (Å²) in [5.41, 5.74) is 6.55. The van der Waals surface area contributed by atoms with Crippen molar-refractivity contribution in [2.75, 3.05) is 0 Å². The third-order valence-corrected chi connectivity index (χ3v) is 5.88. The van der Waals surface area contributed by atoms with Gasteiger partial charge in [0.1, 0.15) is 10.8 Å². The van der Waals surface area contributed by atoms with Crippen molar-refractivity contribution in [3.05, 3.63) is 103 Å². The topological polar surface area (TPSA) is 12.9 Å². The molecule has 0 aliphatic heterocycles. The zero-order valence-corrected chi connectivity index (χ0v) is 15.8. The molecule has 0 unspecified atom stereocenters. The first-order valence-corrected chi connectivity index (χ1v) is 9.90. The van der Waals surface area contributed by atoms with Crippen LogP contribution in [0.25, 0.3) is 43.0 Å². The maximum atomic E-state index is 13.1. The molecule has 134 valence electrons. The molecule has 5 rings (SSSR count). The Labute approximate surface area is 166 Å². The minimum atomic E-state index is -0.216. The van der Waals surface area contributed by atoms with E-state index in [2.05, 4.69) is 54.6 Å². The van der Waals surface area contributed by atoms with Gasteiger partial charge in [-0.1, -0.05) is 66.7 Å². The van der Waals surface area contributed by atoms with Crippen LogP contribution in [0.1, 0.15) is 0 Å². The van der Waals surface area contributed by atoms with Crippen LogP contribution in [0.15, 0.2) is 97.1 Å². The van der Waals surface area contributed by atoms with Gasteiger partial charge in [0, 0.05) is 5.56 Å². The van der Waals surface area contributed by atoms with Gasteiger partial charge in [0.2, 0.25) is 0 Å². The maximum absolute atomic E-state index is 13.1. The van der Waals surface area contributed by atoms with Crippen LogP contribution in [0.2, 0.25) is 0 Å². The van der Waals surface area contributed by atoms with Gasteiger partial charge >= 0.3 is 0 Å². The summed E-state index contributed by atoms with van der Waals surface area (Å²) in [5, 5.41) is 1.03. The minimum Gasteiger partial charge on any atom is -0.236 e. The number of benzene rings is 4. The lowest BCUT2D eigenvalue weighted by Gasteiger charge is -2.06. The van der Waals surface area contributed by atoms with Gasteiger partial charge in [0.15, 0.2) is 0 Å². The average molecular weight is 381 g/mol. The van der Waals surface area contributed by atoms with E-state index in [9.17, 15) is 4.39 Å². The van der Waals surface area contributed by atoms with Gasteiger partial charge in [0.25, 0.3) is 0 Å². The molecule has 0 amide bonds. The highest BCUT2D eigenvalue weighted by molar-refractivity contribution is 7.21. The highest BCUT2D eigenvalue weighted by atomic mass is 32.1. The molecule has 0 aliphatic carbocycles. The van der Waals surface area contributed by atoms with E-state index in [1.54, 1.807) is 23.5 Å². The van der Waals surface area contributed by atoms with Gasteiger partial charge in [-0.05, 0) is 52.6 Å². The fourth-order valence-electron chi connectivity index (χ4n) is 3.32. The van der Waals surface area contributed by atoms with Crippen molar-refractivity contribution in [2.24, 2.45) is 0 Å². The molecule has 0 radical (unpaired) electrons. The zero-order chi connectivity index (χ0) is 18.9. The van der Waals surface area contributed by atoms with Gasteiger partial charge < -0.3 is 0 Å². The molecule has 1 nitrogen and oxygen atoms in total. The van der Waals surface area contributed by atoms with E-state index in [4.69, 9.17) is 4.98 Å². The Balaban J connectivity index is 1.48. The first-order chi connectivity index (χ1) is 13.8. The third kappa shape index (κ3) is 3.21. The number of aromatic nitrogens is 1. The lowest BCUT2D eigenvalue weighted by molar-refractivity contribution is 0.628. The Morgan fingerprint density at radius 1 is 0.571 bits per heavy atom. The summed E-state index contributed by atoms with van der Waals surface area (Å²) in [6.45, 7) is 0. The molecule has 0 spiro atoms. The van der Waals surface area contributed by atoms with E-state index in [0.717, 1.165) is 38.3 Å². The predicted octanol–water partition coefficient (Wildman–Crippen LogP) is 7.44. The van der Waals surface area contributed by atoms with Gasteiger partial charge in [-0.15, -0.1) is 11.3 Å². The average Bonchev–Trinajstić information content (AvgIpc) is 3.19. The van der Waals surface area contributed by atoms with E-state index >= 15 is 0 Å². The number of nitrogens with zero attached hydrogens (tertiary/aromatic N) is 1. The molecule has 28 heavy (non-hydrogen) atoms. The number of fused-ring (bicyclic) bond motifs is 1. The van der Waals surface area contributed by atoms with Gasteiger partial charge in [0.05, 0.1) is 10.2 Å². The van der Waals surface area contributed by atoms with Crippen molar-refractivity contribution in [1.82, 2.24) is 4.98 Å². The molecule has 0 atom stereocenters. The van der Waals surface area contributed by atoms with Crippen LogP contribution in [0.4, 0.5) is 4.39 Å². The molecule has 1 heterocycles. The van der Waals surface area contributed by atoms with Gasteiger partial charge in [-0.2, -0.15) is 0 Å². The summed E-state index contributed by atoms with van der Waals surface area (Å²) < 4.78 is 14.3. The zero-order valence-electron chi connectivity index (χ0n) is 15.0. The van der Waals surface area contributed by atoms with Crippen molar-refractivity contribution in [2.45, 2.75) is 0 Å². The molecule has 0 saturated carbocycles. The van der Waals surface area contributed by atoms with Crippen LogP contribution in [0.5, 0.6) is 0 Å². The molecule has 0 saturated heterocycles. The number of hydrogen-bond acceptors (Lipinski definition) is 2. The Kier molecular flexibility index (Phi) is 4.22. The fraction of sp³-hybridized carbons (Fsp3) is 0. The van der Waals surface area contributed by atoms with E-state index in [1.807, 2.05) is 18.2 Å². The third-order valence-electron chi connectivity index (χ3n) is 4.80. The summed E-state index contributed by atoms with van der Waals surface area (Å²) in [7, 11) is 0. The Hall–Kier alpha value is -3.30. The van der Waals surface area contributed by atoms with E-state index < -0.39 is 0 Å². The number of para-hydroxylation sites is 1. The molecule has 0 aliphatic rings. The summed E-state index contributed by atoms with van der Waals surface area (Å²) in [6, 6.07) is 31.7. The molecule has 5 aromatic rings. The first kappa shape index (κ1) is 16.8. The quantitative estimate of drug-likeness (QED) is 0.316. The molecule has 0 fully saturated rings. The second kappa shape index (κ2) is 7.02. The molecule has 1 aromatic heterocycles. The molecule has 3 heteroatoms. The number of hydrogen-bond donors (Lipinski definition) is 0. The Morgan fingerprint density at radius 2 is 1.18 bits per heavy atom. The molecule has 4 aromatic carbocycles. The second-order valence-corrected chi connectivity index (χ2v) is 7.68. The first-order valence-electron chi connectivity index (χ1n) is 9.09. The lowest BCUT2D eigenvalue weighted by atomic mass is 9.99. The summed E-state index contributed by atoms with van der Waals surface area (Å²) in [6.07, 6.45) is 0. The lowest BCUT2D eigenvalue weighted by Crippen LogP contribution is -1.83.